The lowest BCUT2D eigenvalue weighted by Crippen LogP contribution is -2.30. The maximum absolute atomic E-state index is 11.8. The van der Waals surface area contributed by atoms with Crippen LogP contribution in [0, 0.1) is 6.92 Å². The van der Waals surface area contributed by atoms with Gasteiger partial charge in [-0.3, -0.25) is 0 Å². The molecule has 0 unspecified atom stereocenters. The summed E-state index contributed by atoms with van der Waals surface area (Å²) in [7, 11) is 0. The van der Waals surface area contributed by atoms with Gasteiger partial charge in [0, 0.05) is 18.7 Å². The van der Waals surface area contributed by atoms with Crippen molar-refractivity contribution in [3.8, 4) is 0 Å². The van der Waals surface area contributed by atoms with Gasteiger partial charge in [0.05, 0.1) is 11.8 Å². The Labute approximate surface area is 121 Å². The molecule has 0 aliphatic carbocycles. The van der Waals surface area contributed by atoms with E-state index in [0.29, 0.717) is 24.2 Å². The van der Waals surface area contributed by atoms with Crippen LogP contribution in [0.2, 0.25) is 0 Å². The largest absolute Gasteiger partial charge is 0.478 e. The molecule has 0 fully saturated rings. The summed E-state index contributed by atoms with van der Waals surface area (Å²) in [5.74, 6) is -0.228. The third-order valence-electron chi connectivity index (χ3n) is 3.05. The van der Waals surface area contributed by atoms with Gasteiger partial charge in [-0.25, -0.2) is 9.59 Å². The van der Waals surface area contributed by atoms with Crippen LogP contribution < -0.4 is 10.6 Å². The lowest BCUT2D eigenvalue weighted by molar-refractivity contribution is 0.0696. The first-order valence-electron chi connectivity index (χ1n) is 6.48. The first-order chi connectivity index (χ1) is 10.1. The predicted molar refractivity (Wildman–Crippen MR) is 77.6 cm³/mol. The number of nitrogens with one attached hydrogen (secondary N) is 2. The average molecular weight is 288 g/mol. The summed E-state index contributed by atoms with van der Waals surface area (Å²) in [4.78, 5) is 22.8. The summed E-state index contributed by atoms with van der Waals surface area (Å²) in [6.07, 6.45) is 2.17. The van der Waals surface area contributed by atoms with E-state index >= 15 is 0 Å². The molecule has 110 valence electrons. The molecule has 21 heavy (non-hydrogen) atoms. The number of anilines is 1. The normalized spacial score (nSPS) is 10.1. The fourth-order valence-electron chi connectivity index (χ4n) is 1.92. The van der Waals surface area contributed by atoms with Gasteiger partial charge in [0.15, 0.2) is 0 Å². The van der Waals surface area contributed by atoms with Crippen LogP contribution in [0.25, 0.3) is 0 Å². The van der Waals surface area contributed by atoms with E-state index in [0.717, 1.165) is 5.76 Å². The Bertz CT molecular complexity index is 635. The van der Waals surface area contributed by atoms with Crippen molar-refractivity contribution in [2.45, 2.75) is 13.3 Å². The third-order valence-corrected chi connectivity index (χ3v) is 3.05. The Morgan fingerprint density at radius 1 is 1.24 bits per heavy atom. The Morgan fingerprint density at radius 3 is 2.71 bits per heavy atom. The van der Waals surface area contributed by atoms with Crippen LogP contribution >= 0.6 is 0 Å². The van der Waals surface area contributed by atoms with Crippen molar-refractivity contribution in [3.05, 3.63) is 53.5 Å². The quantitative estimate of drug-likeness (QED) is 0.788. The average Bonchev–Trinajstić information content (AvgIpc) is 2.94. The standard InChI is InChI=1S/C15H16N2O4/c1-10-12(14(18)19)5-2-6-13(10)17-15(20)16-8-7-11-4-3-9-21-11/h2-6,9H,7-8H2,1H3,(H,18,19)(H2,16,17,20). The summed E-state index contributed by atoms with van der Waals surface area (Å²) in [6.45, 7) is 2.08. The summed E-state index contributed by atoms with van der Waals surface area (Å²) in [6, 6.07) is 7.99. The van der Waals surface area contributed by atoms with Crippen LogP contribution in [0.15, 0.2) is 41.0 Å². The SMILES string of the molecule is Cc1c(NC(=O)NCCc2ccco2)cccc1C(=O)O. The van der Waals surface area contributed by atoms with E-state index in [-0.39, 0.29) is 11.6 Å². The van der Waals surface area contributed by atoms with Crippen LogP contribution in [0.4, 0.5) is 10.5 Å². The highest BCUT2D eigenvalue weighted by Crippen LogP contribution is 2.18. The minimum absolute atomic E-state index is 0.170. The van der Waals surface area contributed by atoms with E-state index in [1.165, 1.54) is 6.07 Å². The Hall–Kier alpha value is -2.76. The number of amides is 2. The number of hydrogen-bond donors (Lipinski definition) is 3. The second-order valence-corrected chi connectivity index (χ2v) is 4.49. The van der Waals surface area contributed by atoms with Crippen LogP contribution in [-0.4, -0.2) is 23.7 Å². The predicted octanol–water partition coefficient (Wildman–Crippen LogP) is 2.65. The molecule has 0 radical (unpaired) electrons. The Balaban J connectivity index is 1.90. The van der Waals surface area contributed by atoms with Crippen LogP contribution in [0.3, 0.4) is 0 Å². The van der Waals surface area contributed by atoms with Crippen molar-refractivity contribution >= 4 is 17.7 Å². The highest BCUT2D eigenvalue weighted by molar-refractivity contribution is 5.95. The molecule has 2 amide bonds. The second kappa shape index (κ2) is 6.60. The number of hydrogen-bond acceptors (Lipinski definition) is 3. The van der Waals surface area contributed by atoms with Gasteiger partial charge in [0.1, 0.15) is 5.76 Å². The molecule has 0 saturated carbocycles. The molecule has 3 N–H and O–H groups in total. The van der Waals surface area contributed by atoms with Crippen molar-refractivity contribution in [1.29, 1.82) is 0 Å². The first-order valence-corrected chi connectivity index (χ1v) is 6.48. The van der Waals surface area contributed by atoms with Crippen molar-refractivity contribution in [1.82, 2.24) is 5.32 Å². The molecule has 1 aromatic heterocycles. The molecule has 0 atom stereocenters. The van der Waals surface area contributed by atoms with Gasteiger partial charge in [-0.05, 0) is 36.8 Å². The van der Waals surface area contributed by atoms with Crippen molar-refractivity contribution in [2.24, 2.45) is 0 Å². The van der Waals surface area contributed by atoms with Crippen LogP contribution in [-0.2, 0) is 6.42 Å². The maximum atomic E-state index is 11.8. The van der Waals surface area contributed by atoms with E-state index in [2.05, 4.69) is 10.6 Å². The highest BCUT2D eigenvalue weighted by Gasteiger charge is 2.11. The number of aromatic carboxylic acids is 1. The van der Waals surface area contributed by atoms with Gasteiger partial charge in [-0.2, -0.15) is 0 Å². The number of benzene rings is 1. The Morgan fingerprint density at radius 2 is 2.05 bits per heavy atom. The number of carboxylic acid groups (broad SMARTS) is 1. The number of urea groups is 1. The molecule has 1 aromatic carbocycles. The summed E-state index contributed by atoms with van der Waals surface area (Å²) < 4.78 is 5.16. The molecule has 2 rings (SSSR count). The molecule has 6 heteroatoms. The summed E-state index contributed by atoms with van der Waals surface area (Å²) >= 11 is 0. The zero-order valence-corrected chi connectivity index (χ0v) is 11.6. The zero-order chi connectivity index (χ0) is 15.2. The van der Waals surface area contributed by atoms with E-state index in [4.69, 9.17) is 9.52 Å². The van der Waals surface area contributed by atoms with Gasteiger partial charge in [-0.15, -0.1) is 0 Å². The van der Waals surface area contributed by atoms with Crippen LogP contribution in [0.1, 0.15) is 21.7 Å². The molecule has 0 saturated heterocycles. The lowest BCUT2D eigenvalue weighted by atomic mass is 10.1. The monoisotopic (exact) mass is 288 g/mol. The van der Waals surface area contributed by atoms with Gasteiger partial charge in [0.2, 0.25) is 0 Å². The minimum atomic E-state index is -1.02. The second-order valence-electron chi connectivity index (χ2n) is 4.49. The molecule has 1 heterocycles. The summed E-state index contributed by atoms with van der Waals surface area (Å²) in [5.41, 5.74) is 1.17. The fourth-order valence-corrected chi connectivity index (χ4v) is 1.92. The number of carbonyl (C=O) groups is 2. The van der Waals surface area contributed by atoms with Gasteiger partial charge in [0.25, 0.3) is 0 Å². The van der Waals surface area contributed by atoms with Gasteiger partial charge >= 0.3 is 12.0 Å². The molecule has 0 aliphatic heterocycles. The van der Waals surface area contributed by atoms with E-state index in [1.54, 1.807) is 31.4 Å². The molecule has 6 nitrogen and oxygen atoms in total. The van der Waals surface area contributed by atoms with Crippen molar-refractivity contribution in [3.63, 3.8) is 0 Å². The van der Waals surface area contributed by atoms with Gasteiger partial charge in [-0.1, -0.05) is 6.07 Å². The Kier molecular flexibility index (Phi) is 4.61. The van der Waals surface area contributed by atoms with Gasteiger partial charge < -0.3 is 20.2 Å². The molecule has 2 aromatic rings. The maximum Gasteiger partial charge on any atom is 0.336 e. The highest BCUT2D eigenvalue weighted by atomic mass is 16.4. The molecule has 0 aliphatic rings. The molecular weight excluding hydrogens is 272 g/mol. The van der Waals surface area contributed by atoms with E-state index in [1.807, 2.05) is 6.07 Å². The molecule has 0 spiro atoms. The molecular formula is C15H16N2O4. The van der Waals surface area contributed by atoms with Crippen LogP contribution in [0.5, 0.6) is 0 Å². The number of furan rings is 1. The summed E-state index contributed by atoms with van der Waals surface area (Å²) in [5, 5.41) is 14.4. The lowest BCUT2D eigenvalue weighted by Gasteiger charge is -2.11. The number of carboxylic acids is 1. The third kappa shape index (κ3) is 3.85. The van der Waals surface area contributed by atoms with Crippen molar-refractivity contribution in [2.75, 3.05) is 11.9 Å². The number of rotatable bonds is 5. The fraction of sp³-hybridized carbons (Fsp3) is 0.200. The molecule has 0 bridgehead atoms. The topological polar surface area (TPSA) is 91.6 Å². The van der Waals surface area contributed by atoms with E-state index < -0.39 is 5.97 Å². The first kappa shape index (κ1) is 14.6. The zero-order valence-electron chi connectivity index (χ0n) is 11.6. The van der Waals surface area contributed by atoms with E-state index in [9.17, 15) is 9.59 Å². The van der Waals surface area contributed by atoms with Crippen molar-refractivity contribution < 1.29 is 19.1 Å². The smallest absolute Gasteiger partial charge is 0.336 e. The number of carbonyl (C=O) groups excluding carboxylic acids is 1. The minimum Gasteiger partial charge on any atom is -0.478 e.